The van der Waals surface area contributed by atoms with Crippen molar-refractivity contribution in [3.05, 3.63) is 82.8 Å². The van der Waals surface area contributed by atoms with E-state index < -0.39 is 11.7 Å². The molecule has 1 aromatic heterocycles. The number of carbonyl (C=O) groups excluding carboxylic acids is 1. The fraction of sp³-hybridized carbons (Fsp3) is 0.217. The molecule has 2 aromatic carbocycles. The summed E-state index contributed by atoms with van der Waals surface area (Å²) in [5.41, 5.74) is 0.360. The molecular weight excluding hydrogens is 427 g/mol. The van der Waals surface area contributed by atoms with Crippen molar-refractivity contribution in [2.75, 3.05) is 6.61 Å². The number of furan rings is 1. The van der Waals surface area contributed by atoms with Gasteiger partial charge in [0.05, 0.1) is 5.56 Å². The molecule has 9 heteroatoms. The van der Waals surface area contributed by atoms with Gasteiger partial charge in [-0.05, 0) is 48.4 Å². The van der Waals surface area contributed by atoms with E-state index in [-0.39, 0.29) is 36.9 Å². The lowest BCUT2D eigenvalue weighted by Crippen LogP contribution is -2.10. The van der Waals surface area contributed by atoms with Crippen LogP contribution in [0.4, 0.5) is 13.2 Å². The molecule has 0 unspecified atom stereocenters. The number of hydrogen-bond acceptors (Lipinski definition) is 6. The molecule has 3 rings (SSSR count). The summed E-state index contributed by atoms with van der Waals surface area (Å²) in [5.74, 6) is 0.784. The van der Waals surface area contributed by atoms with Gasteiger partial charge in [-0.2, -0.15) is 13.2 Å². The highest BCUT2D eigenvalue weighted by Gasteiger charge is 2.29. The molecule has 0 amide bonds. The number of phenols is 1. The van der Waals surface area contributed by atoms with Gasteiger partial charge in [0, 0.05) is 18.7 Å². The minimum atomic E-state index is -4.38. The number of ketones is 1. The van der Waals surface area contributed by atoms with Crippen LogP contribution >= 0.6 is 0 Å². The molecular formula is C23H20F3NO5. The second-order valence-corrected chi connectivity index (χ2v) is 6.87. The number of oxime groups is 1. The first-order valence-corrected chi connectivity index (χ1v) is 9.56. The Labute approximate surface area is 181 Å². The average Bonchev–Trinajstić information content (AvgIpc) is 3.19. The van der Waals surface area contributed by atoms with Crippen LogP contribution in [0.5, 0.6) is 11.5 Å². The minimum absolute atomic E-state index is 0.0105. The highest BCUT2D eigenvalue weighted by molar-refractivity contribution is 5.94. The summed E-state index contributed by atoms with van der Waals surface area (Å²) in [6, 6.07) is 12.5. The van der Waals surface area contributed by atoms with Crippen molar-refractivity contribution < 1.29 is 37.1 Å². The summed E-state index contributed by atoms with van der Waals surface area (Å²) >= 11 is 0. The fourth-order valence-corrected chi connectivity index (χ4v) is 2.70. The van der Waals surface area contributed by atoms with Crippen LogP contribution in [0.2, 0.25) is 0 Å². The quantitative estimate of drug-likeness (QED) is 0.273. The smallest absolute Gasteiger partial charge is 0.416 e. The Balaban J connectivity index is 1.45. The van der Waals surface area contributed by atoms with E-state index in [2.05, 4.69) is 5.16 Å². The molecule has 6 nitrogen and oxygen atoms in total. The summed E-state index contributed by atoms with van der Waals surface area (Å²) < 4.78 is 48.2. The lowest BCUT2D eigenvalue weighted by atomic mass is 10.1. The first kappa shape index (κ1) is 22.9. The molecule has 0 bridgehead atoms. The zero-order chi connectivity index (χ0) is 23.1. The van der Waals surface area contributed by atoms with Crippen LogP contribution in [0.1, 0.15) is 33.0 Å². The lowest BCUT2D eigenvalue weighted by molar-refractivity contribution is -0.137. The second kappa shape index (κ2) is 10.0. The highest BCUT2D eigenvalue weighted by Crippen LogP contribution is 2.29. The Morgan fingerprint density at radius 3 is 2.50 bits per heavy atom. The summed E-state index contributed by atoms with van der Waals surface area (Å²) in [5, 5.41) is 13.9. The zero-order valence-corrected chi connectivity index (χ0v) is 17.1. The fourth-order valence-electron chi connectivity index (χ4n) is 2.70. The number of aryl methyl sites for hydroxylation is 1. The molecule has 0 fully saturated rings. The number of phenolic OH excluding ortho intramolecular Hbond substituents is 1. The van der Waals surface area contributed by atoms with Crippen molar-refractivity contribution in [3.8, 4) is 11.5 Å². The Bertz CT molecular complexity index is 1090. The molecule has 0 aliphatic rings. The number of aromatic hydroxyl groups is 1. The van der Waals surface area contributed by atoms with E-state index in [4.69, 9.17) is 14.0 Å². The minimum Gasteiger partial charge on any atom is -0.508 e. The van der Waals surface area contributed by atoms with Gasteiger partial charge in [-0.1, -0.05) is 23.4 Å². The Morgan fingerprint density at radius 1 is 1.12 bits per heavy atom. The number of halogens is 3. The van der Waals surface area contributed by atoms with Gasteiger partial charge in [-0.25, -0.2) is 0 Å². The number of carbonyl (C=O) groups is 1. The predicted octanol–water partition coefficient (Wildman–Crippen LogP) is 5.32. The van der Waals surface area contributed by atoms with Crippen molar-refractivity contribution >= 4 is 12.0 Å². The van der Waals surface area contributed by atoms with Crippen LogP contribution in [0.3, 0.4) is 0 Å². The molecule has 0 aliphatic carbocycles. The number of benzene rings is 2. The summed E-state index contributed by atoms with van der Waals surface area (Å²) in [6.07, 6.45) is -2.71. The van der Waals surface area contributed by atoms with Gasteiger partial charge in [0.1, 0.15) is 23.9 Å². The van der Waals surface area contributed by atoms with Gasteiger partial charge in [-0.3, -0.25) is 4.79 Å². The first-order valence-electron chi connectivity index (χ1n) is 9.56. The van der Waals surface area contributed by atoms with Crippen LogP contribution in [0.25, 0.3) is 0 Å². The first-order chi connectivity index (χ1) is 15.2. The SMILES string of the molecule is Cc1ccc(C(=O)COc2ccc(CC=NOCc3ccc(C(F)(F)F)cc3)c(O)c2)o1. The van der Waals surface area contributed by atoms with E-state index in [1.807, 2.05) is 0 Å². The second-order valence-electron chi connectivity index (χ2n) is 6.87. The van der Waals surface area contributed by atoms with Crippen LogP contribution in [0, 0.1) is 6.92 Å². The van der Waals surface area contributed by atoms with Crippen molar-refractivity contribution in [1.29, 1.82) is 0 Å². The zero-order valence-electron chi connectivity index (χ0n) is 17.1. The number of ether oxygens (including phenoxy) is 1. The lowest BCUT2D eigenvalue weighted by Gasteiger charge is -2.08. The van der Waals surface area contributed by atoms with E-state index in [0.29, 0.717) is 22.6 Å². The molecule has 0 saturated carbocycles. The van der Waals surface area contributed by atoms with Crippen molar-refractivity contribution in [2.24, 2.45) is 5.16 Å². The van der Waals surface area contributed by atoms with Crippen molar-refractivity contribution in [1.82, 2.24) is 0 Å². The van der Waals surface area contributed by atoms with E-state index in [9.17, 15) is 23.1 Å². The van der Waals surface area contributed by atoms with E-state index >= 15 is 0 Å². The van der Waals surface area contributed by atoms with Crippen molar-refractivity contribution in [2.45, 2.75) is 26.1 Å². The number of Topliss-reactive ketones (excluding diaryl/α,β-unsaturated/α-hetero) is 1. The third-order valence-corrected chi connectivity index (χ3v) is 4.41. The van der Waals surface area contributed by atoms with E-state index in [1.165, 1.54) is 24.4 Å². The van der Waals surface area contributed by atoms with Gasteiger partial charge in [-0.15, -0.1) is 0 Å². The Hall–Kier alpha value is -3.75. The molecule has 0 spiro atoms. The number of nitrogens with zero attached hydrogens (tertiary/aromatic N) is 1. The molecule has 0 aliphatic heterocycles. The normalized spacial score (nSPS) is 11.6. The molecule has 32 heavy (non-hydrogen) atoms. The standard InChI is InChI=1S/C23H20F3NO5/c1-15-2-9-22(32-15)21(29)14-30-19-8-5-17(20(28)12-19)10-11-27-31-13-16-3-6-18(7-4-16)23(24,25)26/h2-9,11-12,28H,10,13-14H2,1H3. The molecule has 1 heterocycles. The number of hydrogen-bond donors (Lipinski definition) is 1. The van der Waals surface area contributed by atoms with Gasteiger partial charge >= 0.3 is 6.18 Å². The van der Waals surface area contributed by atoms with Crippen LogP contribution in [-0.2, 0) is 24.0 Å². The van der Waals surface area contributed by atoms with Gasteiger partial charge < -0.3 is 19.1 Å². The van der Waals surface area contributed by atoms with Crippen LogP contribution in [0.15, 0.2) is 64.2 Å². The number of rotatable bonds is 9. The summed E-state index contributed by atoms with van der Waals surface area (Å²) in [6.45, 7) is 1.51. The van der Waals surface area contributed by atoms with E-state index in [1.54, 1.807) is 31.2 Å². The topological polar surface area (TPSA) is 81.3 Å². The van der Waals surface area contributed by atoms with E-state index in [0.717, 1.165) is 12.1 Å². The molecule has 1 N–H and O–H groups in total. The van der Waals surface area contributed by atoms with Gasteiger partial charge in [0.25, 0.3) is 0 Å². The summed E-state index contributed by atoms with van der Waals surface area (Å²) in [4.78, 5) is 17.1. The molecule has 0 radical (unpaired) electrons. The van der Waals surface area contributed by atoms with Gasteiger partial charge in [0.2, 0.25) is 5.78 Å². The third kappa shape index (κ3) is 6.37. The van der Waals surface area contributed by atoms with Gasteiger partial charge in [0.15, 0.2) is 12.4 Å². The maximum atomic E-state index is 12.5. The van der Waals surface area contributed by atoms with Crippen LogP contribution < -0.4 is 4.74 Å². The Kier molecular flexibility index (Phi) is 7.19. The molecule has 0 atom stereocenters. The maximum absolute atomic E-state index is 12.5. The highest BCUT2D eigenvalue weighted by atomic mass is 19.4. The Morgan fingerprint density at radius 2 is 1.88 bits per heavy atom. The van der Waals surface area contributed by atoms with Crippen molar-refractivity contribution in [3.63, 3.8) is 0 Å². The monoisotopic (exact) mass is 447 g/mol. The molecule has 3 aromatic rings. The molecule has 168 valence electrons. The average molecular weight is 447 g/mol. The largest absolute Gasteiger partial charge is 0.508 e. The van der Waals surface area contributed by atoms with Crippen LogP contribution in [-0.4, -0.2) is 23.7 Å². The summed E-state index contributed by atoms with van der Waals surface area (Å²) in [7, 11) is 0. The maximum Gasteiger partial charge on any atom is 0.416 e. The number of alkyl halides is 3. The predicted molar refractivity (Wildman–Crippen MR) is 110 cm³/mol. The molecule has 0 saturated heterocycles. The third-order valence-electron chi connectivity index (χ3n) is 4.41.